The molecule has 0 radical (unpaired) electrons. The van der Waals surface area contributed by atoms with Crippen molar-refractivity contribution < 1.29 is 14.3 Å². The van der Waals surface area contributed by atoms with Crippen molar-refractivity contribution in [3.63, 3.8) is 0 Å². The summed E-state index contributed by atoms with van der Waals surface area (Å²) < 4.78 is 11.8. The molecule has 1 amide bonds. The third kappa shape index (κ3) is 3.40. The normalized spacial score (nSPS) is 22.9. The van der Waals surface area contributed by atoms with Gasteiger partial charge < -0.3 is 14.8 Å². The molecule has 0 saturated carbocycles. The molecule has 0 aliphatic carbocycles. The van der Waals surface area contributed by atoms with E-state index in [1.807, 2.05) is 12.1 Å². The molecule has 1 saturated heterocycles. The lowest BCUT2D eigenvalue weighted by Crippen LogP contribution is -2.56. The maximum atomic E-state index is 12.5. The molecule has 2 heterocycles. The Hall–Kier alpha value is -2.53. The summed E-state index contributed by atoms with van der Waals surface area (Å²) in [6.07, 6.45) is 1.97. The molecular weight excluding hydrogens is 328 g/mol. The van der Waals surface area contributed by atoms with Gasteiger partial charge in [0.15, 0.2) is 0 Å². The van der Waals surface area contributed by atoms with Crippen molar-refractivity contribution in [1.82, 2.24) is 10.2 Å². The van der Waals surface area contributed by atoms with Crippen LogP contribution in [-0.4, -0.2) is 43.2 Å². The first-order valence-electron chi connectivity index (χ1n) is 9.09. The van der Waals surface area contributed by atoms with Gasteiger partial charge in [-0.05, 0) is 37.1 Å². The van der Waals surface area contributed by atoms with Crippen LogP contribution in [0.4, 0.5) is 0 Å². The quantitative estimate of drug-likeness (QED) is 0.923. The number of ether oxygens (including phenoxy) is 2. The van der Waals surface area contributed by atoms with Gasteiger partial charge >= 0.3 is 0 Å². The topological polar surface area (TPSA) is 50.8 Å². The van der Waals surface area contributed by atoms with Gasteiger partial charge in [0.05, 0.1) is 19.2 Å². The number of methoxy groups -OCH3 is 1. The minimum absolute atomic E-state index is 0.0836. The molecular formula is C21H24N2O3. The zero-order valence-corrected chi connectivity index (χ0v) is 15.0. The molecule has 2 aliphatic rings. The Morgan fingerprint density at radius 2 is 2.08 bits per heavy atom. The van der Waals surface area contributed by atoms with Crippen molar-refractivity contribution in [3.05, 3.63) is 59.7 Å². The Bertz CT molecular complexity index is 793. The van der Waals surface area contributed by atoms with E-state index < -0.39 is 5.60 Å². The predicted octanol–water partition coefficient (Wildman–Crippen LogP) is 2.85. The fourth-order valence-electron chi connectivity index (χ4n) is 3.90. The lowest BCUT2D eigenvalue weighted by Gasteiger charge is -2.42. The van der Waals surface area contributed by atoms with Crippen molar-refractivity contribution in [2.24, 2.45) is 0 Å². The van der Waals surface area contributed by atoms with E-state index in [2.05, 4.69) is 34.5 Å². The predicted molar refractivity (Wildman–Crippen MR) is 99.6 cm³/mol. The summed E-state index contributed by atoms with van der Waals surface area (Å²) in [6.45, 7) is 3.25. The number of benzene rings is 2. The highest BCUT2D eigenvalue weighted by Crippen LogP contribution is 2.34. The Morgan fingerprint density at radius 3 is 2.88 bits per heavy atom. The number of likely N-dealkylation sites (tertiary alicyclic amines) is 1. The van der Waals surface area contributed by atoms with Gasteiger partial charge in [0, 0.05) is 19.2 Å². The highest BCUT2D eigenvalue weighted by Gasteiger charge is 2.40. The van der Waals surface area contributed by atoms with E-state index in [1.54, 1.807) is 19.2 Å². The van der Waals surface area contributed by atoms with Crippen LogP contribution >= 0.6 is 0 Å². The van der Waals surface area contributed by atoms with Crippen molar-refractivity contribution in [1.29, 1.82) is 0 Å². The number of amides is 1. The lowest BCUT2D eigenvalue weighted by atomic mass is 9.92. The van der Waals surface area contributed by atoms with Crippen LogP contribution < -0.4 is 14.8 Å². The number of hydrogen-bond donors (Lipinski definition) is 1. The van der Waals surface area contributed by atoms with Crippen LogP contribution in [0.25, 0.3) is 0 Å². The van der Waals surface area contributed by atoms with Crippen LogP contribution in [-0.2, 0) is 6.54 Å². The van der Waals surface area contributed by atoms with Crippen LogP contribution in [0, 0.1) is 0 Å². The molecule has 0 aromatic heterocycles. The van der Waals surface area contributed by atoms with Gasteiger partial charge in [-0.1, -0.05) is 30.3 Å². The number of rotatable bonds is 3. The molecule has 5 nitrogen and oxygen atoms in total. The monoisotopic (exact) mass is 352 g/mol. The number of nitrogens with one attached hydrogen (secondary N) is 1. The average molecular weight is 352 g/mol. The van der Waals surface area contributed by atoms with Gasteiger partial charge in [-0.3, -0.25) is 9.69 Å². The highest BCUT2D eigenvalue weighted by molar-refractivity contribution is 5.97. The number of carbonyl (C=O) groups is 1. The van der Waals surface area contributed by atoms with Gasteiger partial charge in [-0.2, -0.15) is 0 Å². The summed E-state index contributed by atoms with van der Waals surface area (Å²) in [5.74, 6) is 1.23. The molecule has 26 heavy (non-hydrogen) atoms. The highest BCUT2D eigenvalue weighted by atomic mass is 16.5. The van der Waals surface area contributed by atoms with E-state index in [0.29, 0.717) is 23.6 Å². The number of nitrogens with zero attached hydrogens (tertiary/aromatic N) is 1. The van der Waals surface area contributed by atoms with Gasteiger partial charge in [0.1, 0.15) is 17.1 Å². The summed E-state index contributed by atoms with van der Waals surface area (Å²) in [5, 5.41) is 3.05. The molecule has 2 aromatic rings. The largest absolute Gasteiger partial charge is 0.497 e. The number of fused-ring (bicyclic) bond motifs is 1. The van der Waals surface area contributed by atoms with E-state index in [4.69, 9.17) is 9.47 Å². The Morgan fingerprint density at radius 1 is 1.23 bits per heavy atom. The first kappa shape index (κ1) is 16.9. The smallest absolute Gasteiger partial charge is 0.255 e. The number of piperidine rings is 1. The second kappa shape index (κ2) is 7.00. The molecule has 5 heteroatoms. The molecule has 1 spiro atoms. The van der Waals surface area contributed by atoms with E-state index in [1.165, 1.54) is 5.56 Å². The standard InChI is InChI=1S/C21H24N2O3/c1-25-17-8-9-18-19(12-17)26-21(14-22-20(18)24)10-5-11-23(15-21)13-16-6-3-2-4-7-16/h2-4,6-9,12H,5,10-11,13-15H2,1H3,(H,22,24)/t21-/m1/s1. The van der Waals surface area contributed by atoms with Crippen molar-refractivity contribution in [2.75, 3.05) is 26.7 Å². The molecule has 4 rings (SSSR count). The van der Waals surface area contributed by atoms with E-state index in [0.717, 1.165) is 32.5 Å². The van der Waals surface area contributed by atoms with E-state index in [9.17, 15) is 4.79 Å². The third-order valence-electron chi connectivity index (χ3n) is 5.20. The van der Waals surface area contributed by atoms with Crippen LogP contribution in [0.15, 0.2) is 48.5 Å². The summed E-state index contributed by atoms with van der Waals surface area (Å²) in [6, 6.07) is 15.9. The van der Waals surface area contributed by atoms with Gasteiger partial charge in [-0.25, -0.2) is 0 Å². The molecule has 1 atom stereocenters. The van der Waals surface area contributed by atoms with Crippen LogP contribution in [0.3, 0.4) is 0 Å². The molecule has 136 valence electrons. The second-order valence-corrected chi connectivity index (χ2v) is 7.13. The first-order chi connectivity index (χ1) is 12.7. The lowest BCUT2D eigenvalue weighted by molar-refractivity contribution is -0.00714. The first-order valence-corrected chi connectivity index (χ1v) is 9.09. The maximum absolute atomic E-state index is 12.5. The maximum Gasteiger partial charge on any atom is 0.255 e. The second-order valence-electron chi connectivity index (χ2n) is 7.13. The third-order valence-corrected chi connectivity index (χ3v) is 5.20. The van der Waals surface area contributed by atoms with Gasteiger partial charge in [0.2, 0.25) is 0 Å². The van der Waals surface area contributed by atoms with Crippen LogP contribution in [0.2, 0.25) is 0 Å². The molecule has 1 fully saturated rings. The van der Waals surface area contributed by atoms with Crippen LogP contribution in [0.1, 0.15) is 28.8 Å². The fraction of sp³-hybridized carbons (Fsp3) is 0.381. The Labute approximate surface area is 153 Å². The Kier molecular flexibility index (Phi) is 4.55. The molecule has 2 aromatic carbocycles. The van der Waals surface area contributed by atoms with Crippen molar-refractivity contribution in [3.8, 4) is 11.5 Å². The molecule has 1 N–H and O–H groups in total. The van der Waals surface area contributed by atoms with Crippen molar-refractivity contribution >= 4 is 5.91 Å². The molecule has 0 unspecified atom stereocenters. The minimum atomic E-state index is -0.402. The van der Waals surface area contributed by atoms with Gasteiger partial charge in [-0.15, -0.1) is 0 Å². The van der Waals surface area contributed by atoms with Gasteiger partial charge in [0.25, 0.3) is 5.91 Å². The summed E-state index contributed by atoms with van der Waals surface area (Å²) in [4.78, 5) is 14.9. The van der Waals surface area contributed by atoms with Crippen molar-refractivity contribution in [2.45, 2.75) is 25.0 Å². The Balaban J connectivity index is 1.57. The zero-order chi connectivity index (χ0) is 18.0. The van der Waals surface area contributed by atoms with E-state index >= 15 is 0 Å². The average Bonchev–Trinajstić information content (AvgIpc) is 2.79. The SMILES string of the molecule is COc1ccc2c(c1)O[C@]1(CCCN(Cc3ccccc3)C1)CNC2=O. The summed E-state index contributed by atoms with van der Waals surface area (Å²) >= 11 is 0. The molecule has 0 bridgehead atoms. The number of carbonyl (C=O) groups excluding carboxylic acids is 1. The van der Waals surface area contributed by atoms with Crippen LogP contribution in [0.5, 0.6) is 11.5 Å². The summed E-state index contributed by atoms with van der Waals surface area (Å²) in [7, 11) is 1.62. The fourth-order valence-corrected chi connectivity index (χ4v) is 3.90. The summed E-state index contributed by atoms with van der Waals surface area (Å²) in [5.41, 5.74) is 1.47. The zero-order valence-electron chi connectivity index (χ0n) is 15.0. The molecule has 2 aliphatic heterocycles. The van der Waals surface area contributed by atoms with E-state index in [-0.39, 0.29) is 5.91 Å². The minimum Gasteiger partial charge on any atom is -0.497 e. The number of hydrogen-bond acceptors (Lipinski definition) is 4.